The van der Waals surface area contributed by atoms with Crippen LogP contribution >= 0.6 is 0 Å². The summed E-state index contributed by atoms with van der Waals surface area (Å²) < 4.78 is 1.87. The molecule has 1 aliphatic rings. The van der Waals surface area contributed by atoms with Crippen molar-refractivity contribution in [1.82, 2.24) is 15.1 Å². The van der Waals surface area contributed by atoms with Gasteiger partial charge in [-0.05, 0) is 6.42 Å². The number of piperazine rings is 1. The van der Waals surface area contributed by atoms with E-state index in [0.717, 1.165) is 25.5 Å². The van der Waals surface area contributed by atoms with Gasteiger partial charge in [0.15, 0.2) is 5.82 Å². The van der Waals surface area contributed by atoms with Crippen LogP contribution in [0.4, 0.5) is 5.82 Å². The van der Waals surface area contributed by atoms with Crippen LogP contribution in [0.2, 0.25) is 0 Å². The fourth-order valence-corrected chi connectivity index (χ4v) is 1.98. The van der Waals surface area contributed by atoms with E-state index in [4.69, 9.17) is 0 Å². The van der Waals surface area contributed by atoms with Crippen LogP contribution in [0.3, 0.4) is 0 Å². The maximum absolute atomic E-state index is 4.45. The number of aryl methyl sites for hydroxylation is 1. The van der Waals surface area contributed by atoms with Crippen LogP contribution in [-0.2, 0) is 7.05 Å². The molecule has 0 radical (unpaired) electrons. The molecule has 0 saturated carbocycles. The van der Waals surface area contributed by atoms with Crippen molar-refractivity contribution in [1.29, 1.82) is 0 Å². The summed E-state index contributed by atoms with van der Waals surface area (Å²) in [4.78, 5) is 2.40. The second kappa shape index (κ2) is 4.00. The van der Waals surface area contributed by atoms with Crippen molar-refractivity contribution in [3.05, 3.63) is 12.3 Å². The highest BCUT2D eigenvalue weighted by Crippen LogP contribution is 2.16. The first-order valence-corrected chi connectivity index (χ1v) is 5.28. The molecule has 0 amide bonds. The average molecular weight is 194 g/mol. The standard InChI is InChI=1S/C10H18N4/c1-3-9-8-11-5-7-14(9)10-4-6-13(2)12-10/h4,6,9,11H,3,5,7-8H2,1-2H3. The van der Waals surface area contributed by atoms with Crippen LogP contribution in [0.25, 0.3) is 0 Å². The minimum atomic E-state index is 0.596. The molecule has 0 spiro atoms. The molecule has 1 saturated heterocycles. The van der Waals surface area contributed by atoms with Gasteiger partial charge >= 0.3 is 0 Å². The molecule has 0 aromatic carbocycles. The fraction of sp³-hybridized carbons (Fsp3) is 0.700. The summed E-state index contributed by atoms with van der Waals surface area (Å²) in [5.74, 6) is 1.11. The topological polar surface area (TPSA) is 33.1 Å². The van der Waals surface area contributed by atoms with E-state index in [2.05, 4.69) is 28.3 Å². The Morgan fingerprint density at radius 3 is 3.14 bits per heavy atom. The number of anilines is 1. The SMILES string of the molecule is CCC1CNCCN1c1ccn(C)n1. The lowest BCUT2D eigenvalue weighted by atomic mass is 10.1. The second-order valence-electron chi connectivity index (χ2n) is 3.81. The largest absolute Gasteiger partial charge is 0.350 e. The van der Waals surface area contributed by atoms with Crippen LogP contribution in [0.15, 0.2) is 12.3 Å². The average Bonchev–Trinajstić information content (AvgIpc) is 2.65. The van der Waals surface area contributed by atoms with Gasteiger partial charge in [-0.2, -0.15) is 5.10 Å². The first kappa shape index (κ1) is 9.52. The van der Waals surface area contributed by atoms with E-state index < -0.39 is 0 Å². The maximum atomic E-state index is 4.45. The molecule has 1 aliphatic heterocycles. The van der Waals surface area contributed by atoms with Gasteiger partial charge in [0, 0.05) is 45.0 Å². The number of rotatable bonds is 2. The summed E-state index contributed by atoms with van der Waals surface area (Å²) in [5.41, 5.74) is 0. The highest BCUT2D eigenvalue weighted by molar-refractivity contribution is 5.39. The molecule has 4 heteroatoms. The molecule has 0 aliphatic carbocycles. The molecule has 78 valence electrons. The summed E-state index contributed by atoms with van der Waals surface area (Å²) in [6.45, 7) is 5.43. The Kier molecular flexibility index (Phi) is 2.72. The third kappa shape index (κ3) is 1.75. The number of nitrogens with zero attached hydrogens (tertiary/aromatic N) is 3. The maximum Gasteiger partial charge on any atom is 0.150 e. The van der Waals surface area contributed by atoms with Crippen molar-refractivity contribution < 1.29 is 0 Å². The van der Waals surface area contributed by atoms with Gasteiger partial charge in [-0.1, -0.05) is 6.92 Å². The third-order valence-corrected chi connectivity index (χ3v) is 2.82. The van der Waals surface area contributed by atoms with Crippen molar-refractivity contribution in [2.75, 3.05) is 24.5 Å². The monoisotopic (exact) mass is 194 g/mol. The van der Waals surface area contributed by atoms with Crippen LogP contribution in [0, 0.1) is 0 Å². The van der Waals surface area contributed by atoms with Crippen LogP contribution in [0.1, 0.15) is 13.3 Å². The Balaban J connectivity index is 2.14. The number of aromatic nitrogens is 2. The number of hydrogen-bond acceptors (Lipinski definition) is 3. The van der Waals surface area contributed by atoms with E-state index in [9.17, 15) is 0 Å². The molecule has 0 bridgehead atoms. The normalized spacial score (nSPS) is 22.7. The summed E-state index contributed by atoms with van der Waals surface area (Å²) in [5, 5.41) is 7.86. The van der Waals surface area contributed by atoms with Crippen molar-refractivity contribution in [3.63, 3.8) is 0 Å². The molecule has 1 aromatic rings. The summed E-state index contributed by atoms with van der Waals surface area (Å²) in [6, 6.07) is 2.69. The van der Waals surface area contributed by atoms with Gasteiger partial charge in [0.1, 0.15) is 0 Å². The minimum absolute atomic E-state index is 0.596. The molecule has 2 rings (SSSR count). The molecule has 14 heavy (non-hydrogen) atoms. The quantitative estimate of drug-likeness (QED) is 0.749. The second-order valence-corrected chi connectivity index (χ2v) is 3.81. The van der Waals surface area contributed by atoms with Gasteiger partial charge in [0.25, 0.3) is 0 Å². The van der Waals surface area contributed by atoms with E-state index in [0.29, 0.717) is 6.04 Å². The Hall–Kier alpha value is -1.03. The zero-order valence-electron chi connectivity index (χ0n) is 8.90. The number of hydrogen-bond donors (Lipinski definition) is 1. The molecule has 1 unspecified atom stereocenters. The molecular weight excluding hydrogens is 176 g/mol. The highest BCUT2D eigenvalue weighted by atomic mass is 15.4. The zero-order valence-corrected chi connectivity index (χ0v) is 8.90. The Morgan fingerprint density at radius 1 is 1.64 bits per heavy atom. The number of nitrogens with one attached hydrogen (secondary N) is 1. The van der Waals surface area contributed by atoms with E-state index in [1.54, 1.807) is 0 Å². The van der Waals surface area contributed by atoms with Crippen LogP contribution in [-0.4, -0.2) is 35.5 Å². The van der Waals surface area contributed by atoms with E-state index in [-0.39, 0.29) is 0 Å². The molecular formula is C10H18N4. The molecule has 4 nitrogen and oxygen atoms in total. The lowest BCUT2D eigenvalue weighted by molar-refractivity contribution is 0.461. The summed E-state index contributed by atoms with van der Waals surface area (Å²) >= 11 is 0. The van der Waals surface area contributed by atoms with E-state index in [1.165, 1.54) is 6.42 Å². The van der Waals surface area contributed by atoms with Crippen molar-refractivity contribution >= 4 is 5.82 Å². The van der Waals surface area contributed by atoms with E-state index in [1.807, 2.05) is 17.9 Å². The molecule has 1 aromatic heterocycles. The van der Waals surface area contributed by atoms with Crippen molar-refractivity contribution in [2.24, 2.45) is 7.05 Å². The lowest BCUT2D eigenvalue weighted by Crippen LogP contribution is -2.51. The van der Waals surface area contributed by atoms with Crippen LogP contribution in [0.5, 0.6) is 0 Å². The van der Waals surface area contributed by atoms with Gasteiger partial charge in [-0.3, -0.25) is 4.68 Å². The Labute approximate surface area is 84.9 Å². The van der Waals surface area contributed by atoms with Crippen LogP contribution < -0.4 is 10.2 Å². The van der Waals surface area contributed by atoms with Crippen molar-refractivity contribution in [3.8, 4) is 0 Å². The first-order valence-electron chi connectivity index (χ1n) is 5.28. The minimum Gasteiger partial charge on any atom is -0.350 e. The summed E-state index contributed by atoms with van der Waals surface area (Å²) in [7, 11) is 1.96. The van der Waals surface area contributed by atoms with Gasteiger partial charge < -0.3 is 10.2 Å². The zero-order chi connectivity index (χ0) is 9.97. The van der Waals surface area contributed by atoms with Crippen molar-refractivity contribution in [2.45, 2.75) is 19.4 Å². The molecule has 2 heterocycles. The Morgan fingerprint density at radius 2 is 2.50 bits per heavy atom. The lowest BCUT2D eigenvalue weighted by Gasteiger charge is -2.35. The molecule has 1 N–H and O–H groups in total. The van der Waals surface area contributed by atoms with Gasteiger partial charge in [-0.15, -0.1) is 0 Å². The van der Waals surface area contributed by atoms with E-state index >= 15 is 0 Å². The summed E-state index contributed by atoms with van der Waals surface area (Å²) in [6.07, 6.45) is 3.17. The predicted octanol–water partition coefficient (Wildman–Crippen LogP) is 0.608. The Bertz CT molecular complexity index is 294. The van der Waals surface area contributed by atoms with Gasteiger partial charge in [0.2, 0.25) is 0 Å². The smallest absolute Gasteiger partial charge is 0.150 e. The third-order valence-electron chi connectivity index (χ3n) is 2.82. The fourth-order valence-electron chi connectivity index (χ4n) is 1.98. The molecule has 1 atom stereocenters. The van der Waals surface area contributed by atoms with Gasteiger partial charge in [0.05, 0.1) is 0 Å². The molecule has 1 fully saturated rings. The van der Waals surface area contributed by atoms with Gasteiger partial charge in [-0.25, -0.2) is 0 Å². The highest BCUT2D eigenvalue weighted by Gasteiger charge is 2.21. The first-order chi connectivity index (χ1) is 6.81. The predicted molar refractivity (Wildman–Crippen MR) is 57.5 cm³/mol.